The summed E-state index contributed by atoms with van der Waals surface area (Å²) in [5.41, 5.74) is 1.44. The maximum atomic E-state index is 11.9. The molecule has 2 rings (SSSR count). The highest BCUT2D eigenvalue weighted by Crippen LogP contribution is 2.22. The zero-order valence-electron chi connectivity index (χ0n) is 9.94. The molecule has 0 aliphatic carbocycles. The Hall–Kier alpha value is -1.39. The second-order valence-electron chi connectivity index (χ2n) is 4.40. The predicted octanol–water partition coefficient (Wildman–Crippen LogP) is 1.43. The summed E-state index contributed by atoms with van der Waals surface area (Å²) in [7, 11) is 0. The van der Waals surface area contributed by atoms with Gasteiger partial charge in [0.1, 0.15) is 0 Å². The van der Waals surface area contributed by atoms with E-state index in [1.54, 1.807) is 6.92 Å². The molecule has 1 aliphatic rings. The second-order valence-corrected chi connectivity index (χ2v) is 4.40. The molecule has 92 valence electrons. The van der Waals surface area contributed by atoms with E-state index in [9.17, 15) is 9.90 Å². The maximum absolute atomic E-state index is 11.9. The molecule has 1 aromatic carbocycles. The molecule has 2 atom stereocenters. The number of aliphatic hydroxyl groups excluding tert-OH is 1. The van der Waals surface area contributed by atoms with Gasteiger partial charge in [-0.2, -0.15) is 0 Å². The van der Waals surface area contributed by atoms with Crippen LogP contribution in [0.25, 0.3) is 0 Å². The average molecular weight is 234 g/mol. The van der Waals surface area contributed by atoms with Crippen LogP contribution in [0.2, 0.25) is 0 Å². The molecule has 17 heavy (non-hydrogen) atoms. The Bertz CT molecular complexity index is 398. The summed E-state index contributed by atoms with van der Waals surface area (Å²) in [4.78, 5) is 11.9. The number of carbonyl (C=O) groups excluding carboxylic acids is 1. The van der Waals surface area contributed by atoms with Crippen molar-refractivity contribution >= 4 is 11.6 Å². The summed E-state index contributed by atoms with van der Waals surface area (Å²) in [6.07, 6.45) is 1.33. The third-order valence-corrected chi connectivity index (χ3v) is 3.05. The smallest absolute Gasteiger partial charge is 0.241 e. The van der Waals surface area contributed by atoms with E-state index in [0.29, 0.717) is 5.69 Å². The van der Waals surface area contributed by atoms with Crippen LogP contribution in [0.5, 0.6) is 0 Å². The number of para-hydroxylation sites is 1. The van der Waals surface area contributed by atoms with Gasteiger partial charge in [-0.25, -0.2) is 0 Å². The molecule has 4 heteroatoms. The fourth-order valence-electron chi connectivity index (χ4n) is 2.10. The largest absolute Gasteiger partial charge is 0.389 e. The number of hydrogen-bond donors (Lipinski definition) is 3. The lowest BCUT2D eigenvalue weighted by Crippen LogP contribution is -2.35. The van der Waals surface area contributed by atoms with Crippen molar-refractivity contribution in [1.29, 1.82) is 0 Å². The Morgan fingerprint density at radius 2 is 2.29 bits per heavy atom. The quantitative estimate of drug-likeness (QED) is 0.741. The van der Waals surface area contributed by atoms with Crippen LogP contribution < -0.4 is 10.6 Å². The third kappa shape index (κ3) is 2.84. The van der Waals surface area contributed by atoms with Crippen LogP contribution in [-0.2, 0) is 4.79 Å². The van der Waals surface area contributed by atoms with E-state index in [4.69, 9.17) is 0 Å². The van der Waals surface area contributed by atoms with Gasteiger partial charge in [-0.1, -0.05) is 18.2 Å². The van der Waals surface area contributed by atoms with Crippen LogP contribution in [0.3, 0.4) is 0 Å². The van der Waals surface area contributed by atoms with Crippen molar-refractivity contribution in [2.24, 2.45) is 0 Å². The second kappa shape index (κ2) is 5.29. The summed E-state index contributed by atoms with van der Waals surface area (Å²) < 4.78 is 0. The van der Waals surface area contributed by atoms with E-state index in [0.717, 1.165) is 24.9 Å². The van der Waals surface area contributed by atoms with Gasteiger partial charge in [-0.15, -0.1) is 0 Å². The van der Waals surface area contributed by atoms with Crippen LogP contribution in [0.4, 0.5) is 5.69 Å². The van der Waals surface area contributed by atoms with Crippen molar-refractivity contribution in [2.75, 3.05) is 11.9 Å². The van der Waals surface area contributed by atoms with Crippen molar-refractivity contribution < 1.29 is 9.90 Å². The van der Waals surface area contributed by atoms with Gasteiger partial charge in [-0.05, 0) is 32.4 Å². The number of carbonyl (C=O) groups is 1. The van der Waals surface area contributed by atoms with Gasteiger partial charge < -0.3 is 15.7 Å². The first-order valence-electron chi connectivity index (χ1n) is 5.99. The van der Waals surface area contributed by atoms with Crippen LogP contribution in [0.1, 0.15) is 31.4 Å². The van der Waals surface area contributed by atoms with Crippen LogP contribution in [-0.4, -0.2) is 23.6 Å². The van der Waals surface area contributed by atoms with Crippen molar-refractivity contribution in [1.82, 2.24) is 5.32 Å². The van der Waals surface area contributed by atoms with Crippen LogP contribution in [0.15, 0.2) is 24.3 Å². The van der Waals surface area contributed by atoms with Gasteiger partial charge in [-0.3, -0.25) is 4.79 Å². The minimum absolute atomic E-state index is 0.0180. The molecule has 0 saturated carbocycles. The van der Waals surface area contributed by atoms with Gasteiger partial charge >= 0.3 is 0 Å². The molecule has 1 saturated heterocycles. The first kappa shape index (κ1) is 12.1. The van der Waals surface area contributed by atoms with Gasteiger partial charge in [0.05, 0.1) is 12.1 Å². The molecular weight excluding hydrogens is 216 g/mol. The van der Waals surface area contributed by atoms with E-state index in [-0.39, 0.29) is 11.9 Å². The van der Waals surface area contributed by atoms with Crippen molar-refractivity contribution in [3.8, 4) is 0 Å². The first-order valence-corrected chi connectivity index (χ1v) is 5.99. The number of aliphatic hydroxyl groups is 1. The standard InChI is InChI=1S/C13H18N2O2/c1-9(16)10-5-2-3-6-11(10)15-13(17)12-7-4-8-14-12/h2-3,5-6,9,12,14,16H,4,7-8H2,1H3,(H,15,17). The molecular formula is C13H18N2O2. The molecule has 2 unspecified atom stereocenters. The van der Waals surface area contributed by atoms with E-state index < -0.39 is 6.10 Å². The summed E-state index contributed by atoms with van der Waals surface area (Å²) in [6, 6.07) is 7.24. The van der Waals surface area contributed by atoms with E-state index in [2.05, 4.69) is 10.6 Å². The maximum Gasteiger partial charge on any atom is 0.241 e. The highest BCUT2D eigenvalue weighted by atomic mass is 16.3. The van der Waals surface area contributed by atoms with E-state index in [1.807, 2.05) is 24.3 Å². The topological polar surface area (TPSA) is 61.4 Å². The molecule has 0 radical (unpaired) electrons. The van der Waals surface area contributed by atoms with Gasteiger partial charge in [0, 0.05) is 11.3 Å². The lowest BCUT2D eigenvalue weighted by molar-refractivity contribution is -0.117. The summed E-state index contributed by atoms with van der Waals surface area (Å²) in [6.45, 7) is 2.59. The Morgan fingerprint density at radius 1 is 1.53 bits per heavy atom. The minimum atomic E-state index is -0.581. The summed E-state index contributed by atoms with van der Waals surface area (Å²) in [5.74, 6) is -0.0180. The van der Waals surface area contributed by atoms with Gasteiger partial charge in [0.25, 0.3) is 0 Å². The number of amides is 1. The van der Waals surface area contributed by atoms with E-state index >= 15 is 0 Å². The Morgan fingerprint density at radius 3 is 2.94 bits per heavy atom. The first-order chi connectivity index (χ1) is 8.18. The normalized spacial score (nSPS) is 21.2. The third-order valence-electron chi connectivity index (χ3n) is 3.05. The lowest BCUT2D eigenvalue weighted by Gasteiger charge is -2.15. The van der Waals surface area contributed by atoms with Crippen LogP contribution in [0, 0.1) is 0 Å². The van der Waals surface area contributed by atoms with Crippen molar-refractivity contribution in [3.05, 3.63) is 29.8 Å². The Kier molecular flexibility index (Phi) is 3.76. The zero-order valence-corrected chi connectivity index (χ0v) is 9.94. The monoisotopic (exact) mass is 234 g/mol. The highest BCUT2D eigenvalue weighted by molar-refractivity contribution is 5.95. The van der Waals surface area contributed by atoms with Crippen LogP contribution >= 0.6 is 0 Å². The number of benzene rings is 1. The molecule has 1 fully saturated rings. The molecule has 3 N–H and O–H groups in total. The molecule has 1 aliphatic heterocycles. The molecule has 0 spiro atoms. The zero-order chi connectivity index (χ0) is 12.3. The molecule has 1 heterocycles. The van der Waals surface area contributed by atoms with E-state index in [1.165, 1.54) is 0 Å². The summed E-state index contributed by atoms with van der Waals surface area (Å²) >= 11 is 0. The van der Waals surface area contributed by atoms with Crippen molar-refractivity contribution in [2.45, 2.75) is 31.9 Å². The number of anilines is 1. The predicted molar refractivity (Wildman–Crippen MR) is 66.7 cm³/mol. The molecule has 0 bridgehead atoms. The van der Waals surface area contributed by atoms with Crippen molar-refractivity contribution in [3.63, 3.8) is 0 Å². The fraction of sp³-hybridized carbons (Fsp3) is 0.462. The Labute approximate surface area is 101 Å². The minimum Gasteiger partial charge on any atom is -0.389 e. The lowest BCUT2D eigenvalue weighted by atomic mass is 10.1. The van der Waals surface area contributed by atoms with Gasteiger partial charge in [0.2, 0.25) is 5.91 Å². The Balaban J connectivity index is 2.09. The molecule has 0 aromatic heterocycles. The number of rotatable bonds is 3. The molecule has 4 nitrogen and oxygen atoms in total. The molecule has 1 amide bonds. The number of nitrogens with one attached hydrogen (secondary N) is 2. The number of hydrogen-bond acceptors (Lipinski definition) is 3. The fourth-order valence-corrected chi connectivity index (χ4v) is 2.10. The van der Waals surface area contributed by atoms with Gasteiger partial charge in [0.15, 0.2) is 0 Å². The SMILES string of the molecule is CC(O)c1ccccc1NC(=O)C1CCCN1. The molecule has 1 aromatic rings. The summed E-state index contributed by atoms with van der Waals surface area (Å²) in [5, 5.41) is 15.6. The average Bonchev–Trinajstić information content (AvgIpc) is 2.83. The highest BCUT2D eigenvalue weighted by Gasteiger charge is 2.22.